The van der Waals surface area contributed by atoms with Crippen molar-refractivity contribution in [3.8, 4) is 0 Å². The molecule has 0 bridgehead atoms. The fraction of sp³-hybridized carbons (Fsp3) is 0.562. The average Bonchev–Trinajstić information content (AvgIpc) is 2.66. The molecule has 104 valence electrons. The van der Waals surface area contributed by atoms with E-state index in [4.69, 9.17) is 5.73 Å². The van der Waals surface area contributed by atoms with Gasteiger partial charge in [-0.25, -0.2) is 0 Å². The Morgan fingerprint density at radius 2 is 1.84 bits per heavy atom. The molecule has 0 saturated heterocycles. The van der Waals surface area contributed by atoms with Crippen LogP contribution in [0.5, 0.6) is 0 Å². The van der Waals surface area contributed by atoms with E-state index in [1.165, 1.54) is 11.1 Å². The van der Waals surface area contributed by atoms with Crippen LogP contribution in [0.2, 0.25) is 0 Å². The van der Waals surface area contributed by atoms with E-state index in [2.05, 4.69) is 31.2 Å². The van der Waals surface area contributed by atoms with Crippen molar-refractivity contribution in [1.29, 1.82) is 0 Å². The fourth-order valence-corrected chi connectivity index (χ4v) is 2.84. The van der Waals surface area contributed by atoms with Crippen LogP contribution in [-0.4, -0.2) is 30.4 Å². The predicted molar refractivity (Wildman–Crippen MR) is 77.9 cm³/mol. The van der Waals surface area contributed by atoms with Crippen molar-refractivity contribution in [3.63, 3.8) is 0 Å². The van der Waals surface area contributed by atoms with Gasteiger partial charge in [0.1, 0.15) is 0 Å². The smallest absolute Gasteiger partial charge is 0.226 e. The summed E-state index contributed by atoms with van der Waals surface area (Å²) in [6, 6.07) is 8.51. The van der Waals surface area contributed by atoms with Gasteiger partial charge in [-0.15, -0.1) is 0 Å². The van der Waals surface area contributed by atoms with E-state index in [1.54, 1.807) is 0 Å². The monoisotopic (exact) mass is 260 g/mol. The van der Waals surface area contributed by atoms with Crippen molar-refractivity contribution in [3.05, 3.63) is 35.4 Å². The molecule has 1 aromatic rings. The molecule has 1 unspecified atom stereocenters. The Kier molecular flexibility index (Phi) is 4.97. The number of hydrogen-bond donors (Lipinski definition) is 1. The summed E-state index contributed by atoms with van der Waals surface area (Å²) in [5.74, 6) is 0.253. The Balaban J connectivity index is 2.03. The summed E-state index contributed by atoms with van der Waals surface area (Å²) >= 11 is 0. The molecule has 2 rings (SSSR count). The maximum Gasteiger partial charge on any atom is 0.226 e. The topological polar surface area (TPSA) is 46.3 Å². The van der Waals surface area contributed by atoms with Crippen molar-refractivity contribution in [1.82, 2.24) is 4.90 Å². The summed E-state index contributed by atoms with van der Waals surface area (Å²) in [4.78, 5) is 14.5. The van der Waals surface area contributed by atoms with Crippen LogP contribution < -0.4 is 5.73 Å². The maximum absolute atomic E-state index is 12.5. The third-order valence-corrected chi connectivity index (χ3v) is 4.00. The number of fused-ring (bicyclic) bond motifs is 1. The van der Waals surface area contributed by atoms with Gasteiger partial charge in [0.2, 0.25) is 5.91 Å². The molecule has 0 spiro atoms. The first-order valence-electron chi connectivity index (χ1n) is 7.32. The summed E-state index contributed by atoms with van der Waals surface area (Å²) in [7, 11) is 0. The van der Waals surface area contributed by atoms with Crippen molar-refractivity contribution in [2.24, 2.45) is 11.7 Å². The molecule has 3 heteroatoms. The van der Waals surface area contributed by atoms with Crippen LogP contribution in [0, 0.1) is 5.92 Å². The average molecular weight is 260 g/mol. The second-order valence-electron chi connectivity index (χ2n) is 5.32. The SMILES string of the molecule is CCCC(CN)C(=O)N1CCc2ccccc2CC1. The Bertz CT molecular complexity index is 404. The lowest BCUT2D eigenvalue weighted by Gasteiger charge is -2.25. The zero-order valence-corrected chi connectivity index (χ0v) is 11.8. The number of nitrogens with zero attached hydrogens (tertiary/aromatic N) is 1. The van der Waals surface area contributed by atoms with E-state index < -0.39 is 0 Å². The number of nitrogens with two attached hydrogens (primary N) is 1. The third-order valence-electron chi connectivity index (χ3n) is 4.00. The molecular weight excluding hydrogens is 236 g/mol. The van der Waals surface area contributed by atoms with E-state index in [-0.39, 0.29) is 11.8 Å². The molecule has 2 N–H and O–H groups in total. The van der Waals surface area contributed by atoms with Crippen LogP contribution in [0.25, 0.3) is 0 Å². The van der Waals surface area contributed by atoms with Crippen molar-refractivity contribution in [2.45, 2.75) is 32.6 Å². The number of carbonyl (C=O) groups is 1. The van der Waals surface area contributed by atoms with Gasteiger partial charge in [0.15, 0.2) is 0 Å². The van der Waals surface area contributed by atoms with Gasteiger partial charge in [-0.2, -0.15) is 0 Å². The minimum absolute atomic E-state index is 0.00575. The van der Waals surface area contributed by atoms with Crippen LogP contribution in [0.1, 0.15) is 30.9 Å². The second kappa shape index (κ2) is 6.71. The van der Waals surface area contributed by atoms with Crippen molar-refractivity contribution >= 4 is 5.91 Å². The van der Waals surface area contributed by atoms with E-state index in [9.17, 15) is 4.79 Å². The fourth-order valence-electron chi connectivity index (χ4n) is 2.84. The Labute approximate surface area is 115 Å². The molecule has 1 amide bonds. The molecule has 3 nitrogen and oxygen atoms in total. The van der Waals surface area contributed by atoms with Gasteiger partial charge in [-0.05, 0) is 30.4 Å². The van der Waals surface area contributed by atoms with Gasteiger partial charge >= 0.3 is 0 Å². The number of rotatable bonds is 4. The Morgan fingerprint density at radius 3 is 2.32 bits per heavy atom. The van der Waals surface area contributed by atoms with E-state index in [0.29, 0.717) is 6.54 Å². The molecule has 1 heterocycles. The van der Waals surface area contributed by atoms with Crippen LogP contribution in [0.3, 0.4) is 0 Å². The summed E-state index contributed by atoms with van der Waals surface area (Å²) < 4.78 is 0. The Morgan fingerprint density at radius 1 is 1.26 bits per heavy atom. The summed E-state index contributed by atoms with van der Waals surface area (Å²) in [6.45, 7) is 4.23. The first-order valence-corrected chi connectivity index (χ1v) is 7.32. The van der Waals surface area contributed by atoms with Crippen molar-refractivity contribution < 1.29 is 4.79 Å². The van der Waals surface area contributed by atoms with Crippen LogP contribution >= 0.6 is 0 Å². The zero-order chi connectivity index (χ0) is 13.7. The molecular formula is C16H24N2O. The van der Waals surface area contributed by atoms with Gasteiger partial charge in [-0.3, -0.25) is 4.79 Å². The van der Waals surface area contributed by atoms with Crippen LogP contribution in [0.15, 0.2) is 24.3 Å². The first-order chi connectivity index (χ1) is 9.26. The molecule has 0 aromatic heterocycles. The second-order valence-corrected chi connectivity index (χ2v) is 5.32. The van der Waals surface area contributed by atoms with Gasteiger partial charge in [0, 0.05) is 19.6 Å². The molecule has 1 aromatic carbocycles. The lowest BCUT2D eigenvalue weighted by molar-refractivity contribution is -0.135. The van der Waals surface area contributed by atoms with Crippen molar-refractivity contribution in [2.75, 3.05) is 19.6 Å². The maximum atomic E-state index is 12.5. The number of benzene rings is 1. The van der Waals surface area contributed by atoms with Gasteiger partial charge in [0.05, 0.1) is 5.92 Å². The van der Waals surface area contributed by atoms with E-state index in [0.717, 1.165) is 38.8 Å². The number of amides is 1. The van der Waals surface area contributed by atoms with Gasteiger partial charge in [0.25, 0.3) is 0 Å². The minimum atomic E-state index is 0.00575. The molecule has 1 aliphatic rings. The molecule has 0 saturated carbocycles. The molecule has 0 radical (unpaired) electrons. The Hall–Kier alpha value is -1.35. The highest BCUT2D eigenvalue weighted by molar-refractivity contribution is 5.79. The predicted octanol–water partition coefficient (Wildman–Crippen LogP) is 1.99. The summed E-state index contributed by atoms with van der Waals surface area (Å²) in [5, 5.41) is 0. The standard InChI is InChI=1S/C16H24N2O/c1-2-5-15(12-17)16(19)18-10-8-13-6-3-4-7-14(13)9-11-18/h3-4,6-7,15H,2,5,8-12,17H2,1H3. The minimum Gasteiger partial charge on any atom is -0.342 e. The normalized spacial score (nSPS) is 16.6. The molecule has 0 aliphatic carbocycles. The van der Waals surface area contributed by atoms with Gasteiger partial charge in [-0.1, -0.05) is 37.6 Å². The largest absolute Gasteiger partial charge is 0.342 e. The van der Waals surface area contributed by atoms with Crippen LogP contribution in [0.4, 0.5) is 0 Å². The van der Waals surface area contributed by atoms with E-state index in [1.807, 2.05) is 4.90 Å². The quantitative estimate of drug-likeness (QED) is 0.900. The molecule has 1 atom stereocenters. The lowest BCUT2D eigenvalue weighted by atomic mass is 10.0. The molecule has 19 heavy (non-hydrogen) atoms. The summed E-state index contributed by atoms with van der Waals surface area (Å²) in [6.07, 6.45) is 3.84. The number of hydrogen-bond acceptors (Lipinski definition) is 2. The van der Waals surface area contributed by atoms with E-state index >= 15 is 0 Å². The van der Waals surface area contributed by atoms with Crippen LogP contribution in [-0.2, 0) is 17.6 Å². The first kappa shape index (κ1) is 14.1. The third kappa shape index (κ3) is 3.35. The summed E-state index contributed by atoms with van der Waals surface area (Å²) in [5.41, 5.74) is 8.52. The lowest BCUT2D eigenvalue weighted by Crippen LogP contribution is -2.40. The number of carbonyl (C=O) groups excluding carboxylic acids is 1. The highest BCUT2D eigenvalue weighted by Gasteiger charge is 2.24. The zero-order valence-electron chi connectivity index (χ0n) is 11.8. The highest BCUT2D eigenvalue weighted by atomic mass is 16.2. The molecule has 1 aliphatic heterocycles. The molecule has 0 fully saturated rings. The van der Waals surface area contributed by atoms with Gasteiger partial charge < -0.3 is 10.6 Å². The highest BCUT2D eigenvalue weighted by Crippen LogP contribution is 2.18.